The van der Waals surface area contributed by atoms with Gasteiger partial charge in [-0.1, -0.05) is 13.8 Å². The quantitative estimate of drug-likeness (QED) is 0.507. The maximum absolute atomic E-state index is 11.1. The van der Waals surface area contributed by atoms with Crippen molar-refractivity contribution >= 4 is 57.7 Å². The fourth-order valence-corrected chi connectivity index (χ4v) is 2.48. The highest BCUT2D eigenvalue weighted by atomic mass is 79.9. The molecular formula is C10H22Br2N2O4S. The minimum absolute atomic E-state index is 0. The first-order valence-corrected chi connectivity index (χ1v) is 6.62. The topological polar surface area (TPSA) is 104 Å². The Morgan fingerprint density at radius 2 is 1.58 bits per heavy atom. The summed E-state index contributed by atoms with van der Waals surface area (Å²) < 4.78 is 0. The normalized spacial score (nSPS) is 13.1. The van der Waals surface area contributed by atoms with Gasteiger partial charge in [0.2, 0.25) is 0 Å². The minimum atomic E-state index is -1.06. The lowest BCUT2D eigenvalue weighted by Gasteiger charge is -2.25. The van der Waals surface area contributed by atoms with Crippen molar-refractivity contribution in [3.8, 4) is 0 Å². The van der Waals surface area contributed by atoms with Crippen LogP contribution in [0.4, 0.5) is 0 Å². The van der Waals surface area contributed by atoms with E-state index in [0.717, 1.165) is 0 Å². The van der Waals surface area contributed by atoms with Crippen molar-refractivity contribution in [3.63, 3.8) is 0 Å². The number of thioether (sulfide) groups is 1. The van der Waals surface area contributed by atoms with Gasteiger partial charge in [-0.25, -0.2) is 0 Å². The molecule has 19 heavy (non-hydrogen) atoms. The smallest absolute Gasteiger partial charge is 0.321 e. The number of carboxylic acids is 2. The molecule has 0 aromatic carbocycles. The summed E-state index contributed by atoms with van der Waals surface area (Å²) in [5, 5.41) is 17.7. The SMILES string of the molecule is Br.Br.CCN(CC)[C@H](CSC[C@@H](N)C(=O)O)C(=O)O. The molecule has 0 saturated carbocycles. The summed E-state index contributed by atoms with van der Waals surface area (Å²) in [6.45, 7) is 5.10. The molecule has 0 rings (SSSR count). The Balaban J connectivity index is -0.00000128. The van der Waals surface area contributed by atoms with Crippen LogP contribution >= 0.6 is 45.7 Å². The van der Waals surface area contributed by atoms with Crippen LogP contribution in [-0.2, 0) is 9.59 Å². The Morgan fingerprint density at radius 1 is 1.11 bits per heavy atom. The van der Waals surface area contributed by atoms with Gasteiger partial charge in [-0.15, -0.1) is 34.0 Å². The van der Waals surface area contributed by atoms with E-state index < -0.39 is 24.0 Å². The Labute approximate surface area is 138 Å². The summed E-state index contributed by atoms with van der Waals surface area (Å²) in [7, 11) is 0. The van der Waals surface area contributed by atoms with E-state index in [2.05, 4.69) is 0 Å². The fraction of sp³-hybridized carbons (Fsp3) is 0.800. The van der Waals surface area contributed by atoms with Crippen molar-refractivity contribution in [2.24, 2.45) is 5.73 Å². The zero-order valence-corrected chi connectivity index (χ0v) is 15.2. The molecule has 0 aromatic heterocycles. The molecule has 0 amide bonds. The second kappa shape index (κ2) is 13.2. The first kappa shape index (κ1) is 24.2. The second-order valence-corrected chi connectivity index (χ2v) is 4.63. The van der Waals surface area contributed by atoms with Crippen LogP contribution in [0.3, 0.4) is 0 Å². The molecule has 116 valence electrons. The first-order chi connectivity index (χ1) is 7.93. The predicted octanol–water partition coefficient (Wildman–Crippen LogP) is 1.08. The highest BCUT2D eigenvalue weighted by molar-refractivity contribution is 8.93. The van der Waals surface area contributed by atoms with Crippen LogP contribution in [0.15, 0.2) is 0 Å². The fourth-order valence-electron chi connectivity index (χ4n) is 1.38. The summed E-state index contributed by atoms with van der Waals surface area (Å²) in [6.07, 6.45) is 0. The molecule has 0 aromatic rings. The van der Waals surface area contributed by atoms with Gasteiger partial charge < -0.3 is 15.9 Å². The summed E-state index contributed by atoms with van der Waals surface area (Å²) in [5.41, 5.74) is 5.34. The molecule has 0 heterocycles. The van der Waals surface area contributed by atoms with E-state index in [9.17, 15) is 9.59 Å². The zero-order chi connectivity index (χ0) is 13.4. The van der Waals surface area contributed by atoms with Gasteiger partial charge in [-0.05, 0) is 13.1 Å². The Hall–Kier alpha value is 0.170. The van der Waals surface area contributed by atoms with Gasteiger partial charge in [0.25, 0.3) is 0 Å². The van der Waals surface area contributed by atoms with Crippen LogP contribution in [0.5, 0.6) is 0 Å². The third-order valence-electron chi connectivity index (χ3n) is 2.43. The van der Waals surface area contributed by atoms with E-state index in [1.54, 1.807) is 0 Å². The van der Waals surface area contributed by atoms with Gasteiger partial charge in [-0.2, -0.15) is 11.8 Å². The standard InChI is InChI=1S/C10H20N2O4S.2BrH/c1-3-12(4-2)8(10(15)16)6-17-5-7(11)9(13)14;;/h7-8H,3-6,11H2,1-2H3,(H,13,14)(H,15,16);2*1H/t7-,8-;;/m1../s1. The van der Waals surface area contributed by atoms with Gasteiger partial charge in [0.05, 0.1) is 0 Å². The Kier molecular flexibility index (Phi) is 16.8. The lowest BCUT2D eigenvalue weighted by Crippen LogP contribution is -2.43. The number of carbonyl (C=O) groups is 2. The number of aliphatic carboxylic acids is 2. The van der Waals surface area contributed by atoms with Gasteiger partial charge in [0.1, 0.15) is 12.1 Å². The highest BCUT2D eigenvalue weighted by Gasteiger charge is 2.23. The Morgan fingerprint density at radius 3 is 1.89 bits per heavy atom. The number of carboxylic acid groups (broad SMARTS) is 2. The number of likely N-dealkylation sites (N-methyl/N-ethyl adjacent to an activating group) is 1. The second-order valence-electron chi connectivity index (χ2n) is 3.56. The molecule has 0 spiro atoms. The van der Waals surface area contributed by atoms with E-state index in [1.807, 2.05) is 18.7 Å². The Bertz CT molecular complexity index is 268. The first-order valence-electron chi connectivity index (χ1n) is 5.46. The summed E-state index contributed by atoms with van der Waals surface area (Å²) in [4.78, 5) is 23.4. The number of hydrogen-bond acceptors (Lipinski definition) is 5. The van der Waals surface area contributed by atoms with Gasteiger partial charge in [0, 0.05) is 11.5 Å². The van der Waals surface area contributed by atoms with E-state index in [4.69, 9.17) is 15.9 Å². The van der Waals surface area contributed by atoms with Crippen molar-refractivity contribution < 1.29 is 19.8 Å². The maximum Gasteiger partial charge on any atom is 0.321 e. The maximum atomic E-state index is 11.1. The zero-order valence-electron chi connectivity index (χ0n) is 10.9. The summed E-state index contributed by atoms with van der Waals surface area (Å²) in [6, 6.07) is -1.53. The number of hydrogen-bond donors (Lipinski definition) is 3. The van der Waals surface area contributed by atoms with Gasteiger partial charge >= 0.3 is 11.9 Å². The molecule has 2 atom stereocenters. The van der Waals surface area contributed by atoms with E-state index in [0.29, 0.717) is 18.8 Å². The molecule has 0 fully saturated rings. The average Bonchev–Trinajstić information content (AvgIpc) is 2.27. The third-order valence-corrected chi connectivity index (χ3v) is 3.57. The average molecular weight is 426 g/mol. The lowest BCUT2D eigenvalue weighted by molar-refractivity contribution is -0.142. The van der Waals surface area contributed by atoms with E-state index >= 15 is 0 Å². The molecule has 0 unspecified atom stereocenters. The van der Waals surface area contributed by atoms with Crippen molar-refractivity contribution in [2.75, 3.05) is 24.6 Å². The molecular weight excluding hydrogens is 404 g/mol. The monoisotopic (exact) mass is 424 g/mol. The lowest BCUT2D eigenvalue weighted by atomic mass is 10.3. The largest absolute Gasteiger partial charge is 0.480 e. The van der Waals surface area contributed by atoms with Crippen molar-refractivity contribution in [1.29, 1.82) is 0 Å². The van der Waals surface area contributed by atoms with Crippen molar-refractivity contribution in [2.45, 2.75) is 25.9 Å². The molecule has 0 aliphatic rings. The molecule has 4 N–H and O–H groups in total. The van der Waals surface area contributed by atoms with Crippen LogP contribution in [0.25, 0.3) is 0 Å². The molecule has 0 aliphatic heterocycles. The van der Waals surface area contributed by atoms with Crippen LogP contribution in [0, 0.1) is 0 Å². The number of rotatable bonds is 9. The third kappa shape index (κ3) is 9.67. The van der Waals surface area contributed by atoms with Crippen LogP contribution in [0.2, 0.25) is 0 Å². The van der Waals surface area contributed by atoms with Crippen molar-refractivity contribution in [3.05, 3.63) is 0 Å². The number of nitrogens with two attached hydrogens (primary N) is 1. The van der Waals surface area contributed by atoms with Gasteiger partial charge in [0.15, 0.2) is 0 Å². The molecule has 0 saturated heterocycles. The summed E-state index contributed by atoms with van der Waals surface area (Å²) >= 11 is 1.26. The van der Waals surface area contributed by atoms with Crippen LogP contribution in [-0.4, -0.2) is 63.7 Å². The van der Waals surface area contributed by atoms with Crippen LogP contribution in [0.1, 0.15) is 13.8 Å². The predicted molar refractivity (Wildman–Crippen MR) is 87.9 cm³/mol. The molecule has 9 heteroatoms. The van der Waals surface area contributed by atoms with E-state index in [-0.39, 0.29) is 39.7 Å². The molecule has 6 nitrogen and oxygen atoms in total. The highest BCUT2D eigenvalue weighted by Crippen LogP contribution is 2.10. The summed E-state index contributed by atoms with van der Waals surface area (Å²) in [5.74, 6) is -1.38. The molecule has 0 bridgehead atoms. The van der Waals surface area contributed by atoms with Gasteiger partial charge in [-0.3, -0.25) is 14.5 Å². The number of nitrogens with zero attached hydrogens (tertiary/aromatic N) is 1. The minimum Gasteiger partial charge on any atom is -0.480 e. The number of halogens is 2. The molecule has 0 radical (unpaired) electrons. The van der Waals surface area contributed by atoms with Crippen LogP contribution < -0.4 is 5.73 Å². The van der Waals surface area contributed by atoms with Crippen molar-refractivity contribution in [1.82, 2.24) is 4.90 Å². The molecule has 0 aliphatic carbocycles. The van der Waals surface area contributed by atoms with E-state index in [1.165, 1.54) is 11.8 Å².